The molecule has 7 nitrogen and oxygen atoms in total. The SMILES string of the molecule is CCN(CCC#N)C(=O)c1ccc([N+](=O)[O-])c(O)c1. The van der Waals surface area contributed by atoms with Crippen LogP contribution in [0, 0.1) is 21.4 Å². The molecule has 1 aromatic rings. The summed E-state index contributed by atoms with van der Waals surface area (Å²) in [5, 5.41) is 28.5. The van der Waals surface area contributed by atoms with E-state index in [1.165, 1.54) is 11.0 Å². The Balaban J connectivity index is 2.97. The standard InChI is InChI=1S/C12H13N3O4/c1-2-14(7-3-6-13)12(17)9-4-5-10(15(18)19)11(16)8-9/h4-5,8,16H,2-3,7H2,1H3. The number of hydrogen-bond donors (Lipinski definition) is 1. The fourth-order valence-corrected chi connectivity index (χ4v) is 1.58. The molecule has 0 fully saturated rings. The lowest BCUT2D eigenvalue weighted by Crippen LogP contribution is -2.31. The third-order valence-corrected chi connectivity index (χ3v) is 2.58. The molecule has 1 aromatic carbocycles. The van der Waals surface area contributed by atoms with Crippen LogP contribution in [-0.4, -0.2) is 33.9 Å². The van der Waals surface area contributed by atoms with Crippen LogP contribution in [-0.2, 0) is 0 Å². The lowest BCUT2D eigenvalue weighted by atomic mass is 10.1. The highest BCUT2D eigenvalue weighted by molar-refractivity contribution is 5.95. The van der Waals surface area contributed by atoms with E-state index in [-0.39, 0.29) is 24.4 Å². The van der Waals surface area contributed by atoms with E-state index in [0.717, 1.165) is 12.1 Å². The van der Waals surface area contributed by atoms with Crippen LogP contribution in [0.15, 0.2) is 18.2 Å². The Morgan fingerprint density at radius 3 is 2.74 bits per heavy atom. The molecule has 100 valence electrons. The van der Waals surface area contributed by atoms with Gasteiger partial charge in [-0.15, -0.1) is 0 Å². The van der Waals surface area contributed by atoms with Crippen molar-refractivity contribution in [3.63, 3.8) is 0 Å². The minimum absolute atomic E-state index is 0.155. The molecule has 0 aromatic heterocycles. The molecule has 0 saturated heterocycles. The summed E-state index contributed by atoms with van der Waals surface area (Å²) in [6.07, 6.45) is 0.207. The number of carbonyl (C=O) groups excluding carboxylic acids is 1. The van der Waals surface area contributed by atoms with E-state index >= 15 is 0 Å². The summed E-state index contributed by atoms with van der Waals surface area (Å²) < 4.78 is 0. The molecule has 7 heteroatoms. The Bertz CT molecular complexity index is 536. The average molecular weight is 263 g/mol. The van der Waals surface area contributed by atoms with Crippen LogP contribution in [0.1, 0.15) is 23.7 Å². The third-order valence-electron chi connectivity index (χ3n) is 2.58. The Labute approximate surface area is 109 Å². The van der Waals surface area contributed by atoms with Crippen molar-refractivity contribution >= 4 is 11.6 Å². The first kappa shape index (κ1) is 14.4. The zero-order chi connectivity index (χ0) is 14.4. The molecule has 19 heavy (non-hydrogen) atoms. The summed E-state index contributed by atoms with van der Waals surface area (Å²) in [6.45, 7) is 2.46. The van der Waals surface area contributed by atoms with Crippen LogP contribution in [0.5, 0.6) is 5.75 Å². The van der Waals surface area contributed by atoms with Crippen molar-refractivity contribution in [2.75, 3.05) is 13.1 Å². The smallest absolute Gasteiger partial charge is 0.310 e. The molecule has 1 rings (SSSR count). The first-order valence-electron chi connectivity index (χ1n) is 5.64. The van der Waals surface area contributed by atoms with Crippen molar-refractivity contribution < 1.29 is 14.8 Å². The van der Waals surface area contributed by atoms with Gasteiger partial charge in [0.15, 0.2) is 5.75 Å². The maximum atomic E-state index is 12.1. The summed E-state index contributed by atoms with van der Waals surface area (Å²) in [7, 11) is 0. The molecule has 0 unspecified atom stereocenters. The second kappa shape index (κ2) is 6.35. The molecule has 0 atom stereocenters. The van der Waals surface area contributed by atoms with Gasteiger partial charge in [0, 0.05) is 24.7 Å². The molecule has 0 aliphatic rings. The maximum Gasteiger partial charge on any atom is 0.310 e. The number of phenolic OH excluding ortho intramolecular Hbond substituents is 1. The van der Waals surface area contributed by atoms with Gasteiger partial charge >= 0.3 is 5.69 Å². The molecule has 0 aliphatic heterocycles. The summed E-state index contributed by atoms with van der Waals surface area (Å²) in [5.41, 5.74) is -0.292. The fourth-order valence-electron chi connectivity index (χ4n) is 1.58. The topological polar surface area (TPSA) is 107 Å². The molecule has 0 saturated carbocycles. The monoisotopic (exact) mass is 263 g/mol. The minimum atomic E-state index is -0.725. The van der Waals surface area contributed by atoms with Gasteiger partial charge in [-0.1, -0.05) is 0 Å². The van der Waals surface area contributed by atoms with Gasteiger partial charge in [0.25, 0.3) is 5.91 Å². The van der Waals surface area contributed by atoms with Gasteiger partial charge < -0.3 is 10.0 Å². The number of nitro benzene ring substituents is 1. The van der Waals surface area contributed by atoms with E-state index in [4.69, 9.17) is 5.26 Å². The van der Waals surface area contributed by atoms with E-state index in [1.807, 2.05) is 6.07 Å². The van der Waals surface area contributed by atoms with Gasteiger partial charge in [-0.05, 0) is 19.1 Å². The van der Waals surface area contributed by atoms with Crippen molar-refractivity contribution in [3.05, 3.63) is 33.9 Å². The maximum absolute atomic E-state index is 12.1. The number of nitriles is 1. The average Bonchev–Trinajstić information content (AvgIpc) is 2.38. The Hall–Kier alpha value is -2.62. The number of rotatable bonds is 5. The Kier molecular flexibility index (Phi) is 4.83. The van der Waals surface area contributed by atoms with Crippen LogP contribution in [0.25, 0.3) is 0 Å². The van der Waals surface area contributed by atoms with Crippen LogP contribution < -0.4 is 0 Å². The van der Waals surface area contributed by atoms with Crippen molar-refractivity contribution in [2.24, 2.45) is 0 Å². The number of aromatic hydroxyl groups is 1. The van der Waals surface area contributed by atoms with Gasteiger partial charge in [-0.3, -0.25) is 14.9 Å². The molecule has 1 N–H and O–H groups in total. The highest BCUT2D eigenvalue weighted by Gasteiger charge is 2.19. The number of amides is 1. The van der Waals surface area contributed by atoms with Gasteiger partial charge in [0.1, 0.15) is 0 Å². The minimum Gasteiger partial charge on any atom is -0.502 e. The van der Waals surface area contributed by atoms with Crippen LogP contribution in [0.3, 0.4) is 0 Å². The Morgan fingerprint density at radius 2 is 2.26 bits per heavy atom. The van der Waals surface area contributed by atoms with E-state index < -0.39 is 16.4 Å². The quantitative estimate of drug-likeness (QED) is 0.642. The molecule has 0 radical (unpaired) electrons. The zero-order valence-electron chi connectivity index (χ0n) is 10.4. The Morgan fingerprint density at radius 1 is 1.58 bits per heavy atom. The summed E-state index contributed by atoms with van der Waals surface area (Å²) in [6, 6.07) is 5.38. The largest absolute Gasteiger partial charge is 0.502 e. The molecule has 0 bridgehead atoms. The first-order valence-corrected chi connectivity index (χ1v) is 5.64. The van der Waals surface area contributed by atoms with Crippen molar-refractivity contribution in [2.45, 2.75) is 13.3 Å². The summed E-state index contributed by atoms with van der Waals surface area (Å²) in [4.78, 5) is 23.3. The fraction of sp³-hybridized carbons (Fsp3) is 0.333. The van der Waals surface area contributed by atoms with E-state index in [0.29, 0.717) is 6.54 Å². The van der Waals surface area contributed by atoms with E-state index in [9.17, 15) is 20.0 Å². The highest BCUT2D eigenvalue weighted by atomic mass is 16.6. The van der Waals surface area contributed by atoms with Gasteiger partial charge in [0.2, 0.25) is 0 Å². The van der Waals surface area contributed by atoms with Crippen LogP contribution in [0.2, 0.25) is 0 Å². The van der Waals surface area contributed by atoms with E-state index in [1.54, 1.807) is 6.92 Å². The lowest BCUT2D eigenvalue weighted by molar-refractivity contribution is -0.385. The molecule has 0 heterocycles. The second-order valence-corrected chi connectivity index (χ2v) is 3.75. The van der Waals surface area contributed by atoms with Crippen molar-refractivity contribution in [1.29, 1.82) is 5.26 Å². The van der Waals surface area contributed by atoms with Crippen molar-refractivity contribution in [1.82, 2.24) is 4.90 Å². The van der Waals surface area contributed by atoms with Gasteiger partial charge in [0.05, 0.1) is 17.4 Å². The number of carbonyl (C=O) groups is 1. The molecule has 1 amide bonds. The predicted octanol–water partition coefficient (Wildman–Crippen LogP) is 1.68. The highest BCUT2D eigenvalue weighted by Crippen LogP contribution is 2.26. The number of nitro groups is 1. The first-order chi connectivity index (χ1) is 9.01. The lowest BCUT2D eigenvalue weighted by Gasteiger charge is -2.19. The number of hydrogen-bond acceptors (Lipinski definition) is 5. The van der Waals surface area contributed by atoms with Gasteiger partial charge in [-0.2, -0.15) is 5.26 Å². The van der Waals surface area contributed by atoms with E-state index in [2.05, 4.69) is 0 Å². The predicted molar refractivity (Wildman–Crippen MR) is 66.6 cm³/mol. The number of benzene rings is 1. The summed E-state index contributed by atoms with van der Waals surface area (Å²) in [5.74, 6) is -0.921. The van der Waals surface area contributed by atoms with Gasteiger partial charge in [-0.25, -0.2) is 0 Å². The second-order valence-electron chi connectivity index (χ2n) is 3.75. The normalized spacial score (nSPS) is 9.68. The molecular weight excluding hydrogens is 250 g/mol. The molecular formula is C12H13N3O4. The number of nitrogens with zero attached hydrogens (tertiary/aromatic N) is 3. The molecule has 0 spiro atoms. The summed E-state index contributed by atoms with van der Waals surface area (Å²) >= 11 is 0. The van der Waals surface area contributed by atoms with Crippen molar-refractivity contribution in [3.8, 4) is 11.8 Å². The van der Waals surface area contributed by atoms with Crippen LogP contribution in [0.4, 0.5) is 5.69 Å². The zero-order valence-corrected chi connectivity index (χ0v) is 10.4. The third kappa shape index (κ3) is 3.42. The van der Waals surface area contributed by atoms with Crippen LogP contribution >= 0.6 is 0 Å². The molecule has 0 aliphatic carbocycles. The number of phenols is 1.